The number of H-pyrrole nitrogens is 1. The average molecular weight is 505 g/mol. The van der Waals surface area contributed by atoms with Gasteiger partial charge in [0.1, 0.15) is 11.7 Å². The molecule has 2 aromatic heterocycles. The predicted octanol–water partition coefficient (Wildman–Crippen LogP) is 4.69. The molecular weight excluding hydrogens is 476 g/mol. The third-order valence-electron chi connectivity index (χ3n) is 6.57. The van der Waals surface area contributed by atoms with E-state index < -0.39 is 12.0 Å². The molecule has 5 aromatic rings. The smallest absolute Gasteiger partial charge is 0.270 e. The van der Waals surface area contributed by atoms with Gasteiger partial charge in [-0.1, -0.05) is 72.8 Å². The Hall–Kier alpha value is -4.98. The second-order valence-corrected chi connectivity index (χ2v) is 9.07. The van der Waals surface area contributed by atoms with Gasteiger partial charge in [-0.2, -0.15) is 10.2 Å². The fourth-order valence-electron chi connectivity index (χ4n) is 4.61. The summed E-state index contributed by atoms with van der Waals surface area (Å²) in [7, 11) is 1.69. The second-order valence-electron chi connectivity index (χ2n) is 9.07. The van der Waals surface area contributed by atoms with E-state index in [1.807, 2.05) is 91.9 Å². The van der Waals surface area contributed by atoms with Crippen LogP contribution in [0.3, 0.4) is 0 Å². The van der Waals surface area contributed by atoms with Gasteiger partial charge in [-0.25, -0.2) is 0 Å². The van der Waals surface area contributed by atoms with Crippen molar-refractivity contribution >= 4 is 17.5 Å². The first kappa shape index (κ1) is 24.7. The summed E-state index contributed by atoms with van der Waals surface area (Å²) in [6.07, 6.45) is 3.33. The number of aromatic nitrogens is 4. The molecule has 1 atom stereocenters. The standard InChI is InChI=1S/C30H28N6O2/c1-20-25(19-31-35-20)21-13-15-24(16-14-21)33-30(38)28(34-29(37)26-17-18-32-36(26)2)27(22-9-5-3-6-10-22)23-11-7-4-8-12-23/h3-19,27-28H,1-2H3,(H,31,35)(H,33,38)(H,34,37). The molecule has 5 rings (SSSR count). The van der Waals surface area contributed by atoms with Gasteiger partial charge in [-0.05, 0) is 41.8 Å². The number of hydrogen-bond acceptors (Lipinski definition) is 4. The van der Waals surface area contributed by atoms with Crippen LogP contribution in [0.5, 0.6) is 0 Å². The molecule has 0 fully saturated rings. The Morgan fingerprint density at radius 2 is 1.50 bits per heavy atom. The summed E-state index contributed by atoms with van der Waals surface area (Å²) in [5, 5.41) is 17.1. The number of benzene rings is 3. The van der Waals surface area contributed by atoms with Crippen molar-refractivity contribution in [2.45, 2.75) is 18.9 Å². The molecule has 0 aliphatic heterocycles. The highest BCUT2D eigenvalue weighted by atomic mass is 16.2. The minimum absolute atomic E-state index is 0.328. The number of anilines is 1. The zero-order valence-corrected chi connectivity index (χ0v) is 21.1. The fourth-order valence-corrected chi connectivity index (χ4v) is 4.61. The molecule has 190 valence electrons. The van der Waals surface area contributed by atoms with Crippen LogP contribution in [0.2, 0.25) is 0 Å². The number of rotatable bonds is 8. The summed E-state index contributed by atoms with van der Waals surface area (Å²) in [4.78, 5) is 27.2. The van der Waals surface area contributed by atoms with Crippen molar-refractivity contribution in [3.05, 3.63) is 126 Å². The lowest BCUT2D eigenvalue weighted by Crippen LogP contribution is -2.48. The lowest BCUT2D eigenvalue weighted by molar-refractivity contribution is -0.118. The van der Waals surface area contributed by atoms with E-state index in [0.717, 1.165) is 27.9 Å². The van der Waals surface area contributed by atoms with Gasteiger partial charge >= 0.3 is 0 Å². The molecule has 0 spiro atoms. The molecule has 2 amide bonds. The Labute approximate surface area is 220 Å². The van der Waals surface area contributed by atoms with Gasteiger partial charge in [0.15, 0.2) is 0 Å². The number of aromatic amines is 1. The quantitative estimate of drug-likeness (QED) is 0.285. The first-order valence-corrected chi connectivity index (χ1v) is 12.3. The van der Waals surface area contributed by atoms with Gasteiger partial charge in [-0.15, -0.1) is 0 Å². The zero-order chi connectivity index (χ0) is 26.5. The van der Waals surface area contributed by atoms with Crippen LogP contribution in [0.1, 0.15) is 33.2 Å². The molecule has 0 aliphatic rings. The fraction of sp³-hybridized carbons (Fsp3) is 0.133. The molecule has 3 N–H and O–H groups in total. The first-order valence-electron chi connectivity index (χ1n) is 12.3. The normalized spacial score (nSPS) is 11.8. The van der Waals surface area contributed by atoms with Crippen molar-refractivity contribution < 1.29 is 9.59 Å². The minimum atomic E-state index is -0.905. The average Bonchev–Trinajstić information content (AvgIpc) is 3.57. The van der Waals surface area contributed by atoms with Crippen molar-refractivity contribution in [3.63, 3.8) is 0 Å². The number of aryl methyl sites for hydroxylation is 2. The lowest BCUT2D eigenvalue weighted by Gasteiger charge is -2.28. The maximum Gasteiger partial charge on any atom is 0.270 e. The van der Waals surface area contributed by atoms with Gasteiger partial charge in [-0.3, -0.25) is 19.4 Å². The molecule has 3 aromatic carbocycles. The topological polar surface area (TPSA) is 105 Å². The van der Waals surface area contributed by atoms with E-state index in [-0.39, 0.29) is 11.8 Å². The van der Waals surface area contributed by atoms with E-state index in [1.54, 1.807) is 25.5 Å². The molecular formula is C30H28N6O2. The van der Waals surface area contributed by atoms with Crippen molar-refractivity contribution in [3.8, 4) is 11.1 Å². The van der Waals surface area contributed by atoms with Crippen molar-refractivity contribution in [1.29, 1.82) is 0 Å². The second kappa shape index (κ2) is 11.0. The largest absolute Gasteiger partial charge is 0.338 e. The Morgan fingerprint density at radius 1 is 0.868 bits per heavy atom. The highest BCUT2D eigenvalue weighted by Crippen LogP contribution is 2.30. The third kappa shape index (κ3) is 5.24. The molecule has 0 radical (unpaired) electrons. The Morgan fingerprint density at radius 3 is 2.03 bits per heavy atom. The van der Waals surface area contributed by atoms with Crippen LogP contribution < -0.4 is 10.6 Å². The number of amides is 2. The van der Waals surface area contributed by atoms with Crippen molar-refractivity contribution in [1.82, 2.24) is 25.3 Å². The Bertz CT molecular complexity index is 1480. The van der Waals surface area contributed by atoms with Crippen molar-refractivity contribution in [2.24, 2.45) is 7.05 Å². The van der Waals surface area contributed by atoms with Crippen LogP contribution in [0.15, 0.2) is 103 Å². The molecule has 0 bridgehead atoms. The highest BCUT2D eigenvalue weighted by Gasteiger charge is 2.33. The van der Waals surface area contributed by atoms with E-state index in [4.69, 9.17) is 0 Å². The van der Waals surface area contributed by atoms with E-state index >= 15 is 0 Å². The Balaban J connectivity index is 1.49. The van der Waals surface area contributed by atoms with Gasteiger partial charge in [0.05, 0.1) is 6.20 Å². The van der Waals surface area contributed by atoms with Crippen molar-refractivity contribution in [2.75, 3.05) is 5.32 Å². The van der Waals surface area contributed by atoms with Crippen LogP contribution >= 0.6 is 0 Å². The summed E-state index contributed by atoms with van der Waals surface area (Å²) in [5.41, 5.74) is 5.76. The summed E-state index contributed by atoms with van der Waals surface area (Å²) in [6.45, 7) is 1.96. The summed E-state index contributed by atoms with van der Waals surface area (Å²) in [6, 6.07) is 27.7. The van der Waals surface area contributed by atoms with E-state index in [9.17, 15) is 9.59 Å². The van der Waals surface area contributed by atoms with E-state index in [2.05, 4.69) is 25.9 Å². The highest BCUT2D eigenvalue weighted by molar-refractivity contribution is 6.01. The predicted molar refractivity (Wildman–Crippen MR) is 147 cm³/mol. The summed E-state index contributed by atoms with van der Waals surface area (Å²) >= 11 is 0. The number of hydrogen-bond donors (Lipinski definition) is 3. The molecule has 0 aliphatic carbocycles. The Kier molecular flexibility index (Phi) is 7.13. The van der Waals surface area contributed by atoms with Crippen LogP contribution in [0, 0.1) is 6.92 Å². The summed E-state index contributed by atoms with van der Waals surface area (Å²) in [5.74, 6) is -1.14. The maximum atomic E-state index is 13.9. The van der Waals surface area contributed by atoms with Gasteiger partial charge in [0, 0.05) is 36.1 Å². The molecule has 38 heavy (non-hydrogen) atoms. The van der Waals surface area contributed by atoms with Crippen LogP contribution in [-0.2, 0) is 11.8 Å². The van der Waals surface area contributed by atoms with Gasteiger partial charge < -0.3 is 10.6 Å². The van der Waals surface area contributed by atoms with Crippen LogP contribution in [0.25, 0.3) is 11.1 Å². The lowest BCUT2D eigenvalue weighted by atomic mass is 9.84. The number of carbonyl (C=O) groups excluding carboxylic acids is 2. The molecule has 0 saturated carbocycles. The van der Waals surface area contributed by atoms with Gasteiger partial charge in [0.25, 0.3) is 5.91 Å². The maximum absolute atomic E-state index is 13.9. The van der Waals surface area contributed by atoms with Crippen LogP contribution in [0.4, 0.5) is 5.69 Å². The first-order chi connectivity index (χ1) is 18.5. The molecule has 0 saturated heterocycles. The van der Waals surface area contributed by atoms with E-state index in [0.29, 0.717) is 11.4 Å². The molecule has 8 heteroatoms. The van der Waals surface area contributed by atoms with Crippen LogP contribution in [-0.4, -0.2) is 37.8 Å². The minimum Gasteiger partial charge on any atom is -0.338 e. The zero-order valence-electron chi connectivity index (χ0n) is 21.1. The third-order valence-corrected chi connectivity index (χ3v) is 6.57. The summed E-state index contributed by atoms with van der Waals surface area (Å²) < 4.78 is 1.49. The van der Waals surface area contributed by atoms with E-state index in [1.165, 1.54) is 4.68 Å². The SMILES string of the molecule is Cc1[nH]ncc1-c1ccc(NC(=O)C(NC(=O)c2ccnn2C)C(c2ccccc2)c2ccccc2)cc1. The number of nitrogens with one attached hydrogen (secondary N) is 3. The number of carbonyl (C=O) groups is 2. The molecule has 2 heterocycles. The number of nitrogens with zero attached hydrogens (tertiary/aromatic N) is 3. The monoisotopic (exact) mass is 504 g/mol. The molecule has 1 unspecified atom stereocenters. The molecule has 8 nitrogen and oxygen atoms in total. The van der Waals surface area contributed by atoms with Gasteiger partial charge in [0.2, 0.25) is 5.91 Å².